The van der Waals surface area contributed by atoms with E-state index in [1.165, 1.54) is 17.7 Å². The van der Waals surface area contributed by atoms with E-state index in [1.807, 2.05) is 31.2 Å². The van der Waals surface area contributed by atoms with Gasteiger partial charge in [-0.25, -0.2) is 9.97 Å². The van der Waals surface area contributed by atoms with Gasteiger partial charge in [-0.1, -0.05) is 35.6 Å². The fourth-order valence-electron chi connectivity index (χ4n) is 1.69. The number of nitrogens with zero attached hydrogens (tertiary/aromatic N) is 2. The normalized spacial score (nSPS) is 10.9. The third kappa shape index (κ3) is 1.64. The lowest BCUT2D eigenvalue weighted by Gasteiger charge is -1.99. The SMILES string of the molecule is Cc1ccccc1-c1nc2c(=O)[nH]cnc2s1. The van der Waals surface area contributed by atoms with Crippen molar-refractivity contribution in [3.05, 3.63) is 46.5 Å². The molecule has 0 fully saturated rings. The van der Waals surface area contributed by atoms with Crippen LogP contribution in [0.15, 0.2) is 35.4 Å². The molecule has 0 saturated heterocycles. The average Bonchev–Trinajstić information content (AvgIpc) is 2.75. The minimum Gasteiger partial charge on any atom is -0.311 e. The van der Waals surface area contributed by atoms with Crippen LogP contribution in [0.3, 0.4) is 0 Å². The van der Waals surface area contributed by atoms with Crippen molar-refractivity contribution in [1.29, 1.82) is 0 Å². The summed E-state index contributed by atoms with van der Waals surface area (Å²) in [6.07, 6.45) is 1.41. The largest absolute Gasteiger partial charge is 0.311 e. The number of thiazole rings is 1. The van der Waals surface area contributed by atoms with Crippen LogP contribution in [0.4, 0.5) is 0 Å². The molecule has 0 atom stereocenters. The van der Waals surface area contributed by atoms with E-state index in [1.54, 1.807) is 0 Å². The molecule has 84 valence electrons. The molecule has 17 heavy (non-hydrogen) atoms. The molecule has 1 N–H and O–H groups in total. The molecule has 0 spiro atoms. The maximum Gasteiger partial charge on any atom is 0.278 e. The van der Waals surface area contributed by atoms with Gasteiger partial charge in [0, 0.05) is 5.56 Å². The number of aromatic nitrogens is 3. The molecular weight excluding hydrogens is 234 g/mol. The molecule has 3 rings (SSSR count). The zero-order chi connectivity index (χ0) is 11.8. The number of H-pyrrole nitrogens is 1. The molecule has 0 saturated carbocycles. The summed E-state index contributed by atoms with van der Waals surface area (Å²) in [7, 11) is 0. The van der Waals surface area contributed by atoms with E-state index in [4.69, 9.17) is 0 Å². The predicted octanol–water partition coefficient (Wildman–Crippen LogP) is 2.36. The first-order valence-electron chi connectivity index (χ1n) is 5.16. The van der Waals surface area contributed by atoms with E-state index in [-0.39, 0.29) is 5.56 Å². The van der Waals surface area contributed by atoms with Crippen LogP contribution >= 0.6 is 11.3 Å². The minimum atomic E-state index is -0.189. The summed E-state index contributed by atoms with van der Waals surface area (Å²) in [6.45, 7) is 2.03. The number of aryl methyl sites for hydroxylation is 1. The van der Waals surface area contributed by atoms with Crippen molar-refractivity contribution in [2.24, 2.45) is 0 Å². The fourth-order valence-corrected chi connectivity index (χ4v) is 2.69. The van der Waals surface area contributed by atoms with E-state index < -0.39 is 0 Å². The monoisotopic (exact) mass is 243 g/mol. The summed E-state index contributed by atoms with van der Waals surface area (Å²) >= 11 is 1.44. The molecule has 5 heteroatoms. The van der Waals surface area contributed by atoms with Crippen LogP contribution in [-0.2, 0) is 0 Å². The number of benzene rings is 1. The molecular formula is C12H9N3OS. The Hall–Kier alpha value is -2.01. The van der Waals surface area contributed by atoms with Crippen molar-refractivity contribution in [1.82, 2.24) is 15.0 Å². The number of hydrogen-bond donors (Lipinski definition) is 1. The number of aromatic amines is 1. The quantitative estimate of drug-likeness (QED) is 0.713. The second-order valence-corrected chi connectivity index (χ2v) is 4.70. The highest BCUT2D eigenvalue weighted by atomic mass is 32.1. The van der Waals surface area contributed by atoms with Gasteiger partial charge in [-0.15, -0.1) is 0 Å². The van der Waals surface area contributed by atoms with E-state index in [0.717, 1.165) is 16.1 Å². The molecule has 0 radical (unpaired) electrons. The first-order valence-corrected chi connectivity index (χ1v) is 5.97. The smallest absolute Gasteiger partial charge is 0.278 e. The second kappa shape index (κ2) is 3.78. The number of nitrogens with one attached hydrogen (secondary N) is 1. The van der Waals surface area contributed by atoms with Crippen LogP contribution in [0.2, 0.25) is 0 Å². The van der Waals surface area contributed by atoms with Crippen molar-refractivity contribution in [2.75, 3.05) is 0 Å². The number of hydrogen-bond acceptors (Lipinski definition) is 4. The Bertz CT molecular complexity index is 745. The molecule has 0 bridgehead atoms. The molecule has 0 amide bonds. The molecule has 0 aliphatic carbocycles. The van der Waals surface area contributed by atoms with Gasteiger partial charge in [-0.3, -0.25) is 4.79 Å². The summed E-state index contributed by atoms with van der Waals surface area (Å²) in [4.78, 5) is 23.2. The minimum absolute atomic E-state index is 0.189. The van der Waals surface area contributed by atoms with Gasteiger partial charge in [0.25, 0.3) is 5.56 Å². The first-order chi connectivity index (χ1) is 8.25. The van der Waals surface area contributed by atoms with Gasteiger partial charge in [0.15, 0.2) is 10.3 Å². The standard InChI is InChI=1S/C12H9N3OS/c1-7-4-2-3-5-8(7)11-15-9-10(16)13-6-14-12(9)17-11/h2-6H,1H3,(H,13,14,16). The van der Waals surface area contributed by atoms with Crippen LogP contribution in [0.25, 0.3) is 20.9 Å². The first kappa shape index (κ1) is 10.2. The Kier molecular flexibility index (Phi) is 2.26. The van der Waals surface area contributed by atoms with Crippen LogP contribution in [0.5, 0.6) is 0 Å². The highest BCUT2D eigenvalue weighted by molar-refractivity contribution is 7.21. The van der Waals surface area contributed by atoms with Crippen LogP contribution in [0.1, 0.15) is 5.56 Å². The molecule has 0 aliphatic heterocycles. The van der Waals surface area contributed by atoms with E-state index in [2.05, 4.69) is 15.0 Å². The zero-order valence-corrected chi connectivity index (χ0v) is 9.91. The second-order valence-electron chi connectivity index (χ2n) is 3.72. The Balaban J connectivity index is 2.30. The molecule has 2 aromatic heterocycles. The van der Waals surface area contributed by atoms with Crippen molar-refractivity contribution < 1.29 is 0 Å². The average molecular weight is 243 g/mol. The van der Waals surface area contributed by atoms with Crippen molar-refractivity contribution in [3.63, 3.8) is 0 Å². The summed E-state index contributed by atoms with van der Waals surface area (Å²) in [6, 6.07) is 7.98. The summed E-state index contributed by atoms with van der Waals surface area (Å²) in [5.41, 5.74) is 2.42. The molecule has 3 aromatic rings. The topological polar surface area (TPSA) is 58.6 Å². The third-order valence-corrected chi connectivity index (χ3v) is 3.57. The Labute approximate surface area is 101 Å². The lowest BCUT2D eigenvalue weighted by molar-refractivity contribution is 1.17. The Morgan fingerprint density at radius 2 is 2.12 bits per heavy atom. The van der Waals surface area contributed by atoms with E-state index in [9.17, 15) is 4.79 Å². The van der Waals surface area contributed by atoms with Crippen LogP contribution in [-0.4, -0.2) is 15.0 Å². The molecule has 0 aliphatic rings. The third-order valence-electron chi connectivity index (χ3n) is 2.58. The fraction of sp³-hybridized carbons (Fsp3) is 0.0833. The van der Waals surface area contributed by atoms with Gasteiger partial charge in [0.1, 0.15) is 5.01 Å². The molecule has 4 nitrogen and oxygen atoms in total. The van der Waals surface area contributed by atoms with Gasteiger partial charge in [-0.2, -0.15) is 0 Å². The van der Waals surface area contributed by atoms with Crippen molar-refractivity contribution in [2.45, 2.75) is 6.92 Å². The van der Waals surface area contributed by atoms with Gasteiger partial charge in [0.2, 0.25) is 0 Å². The lowest BCUT2D eigenvalue weighted by Crippen LogP contribution is -2.05. The van der Waals surface area contributed by atoms with Gasteiger partial charge in [-0.05, 0) is 12.5 Å². The van der Waals surface area contributed by atoms with E-state index in [0.29, 0.717) is 10.3 Å². The number of fused-ring (bicyclic) bond motifs is 1. The van der Waals surface area contributed by atoms with E-state index >= 15 is 0 Å². The lowest BCUT2D eigenvalue weighted by atomic mass is 10.1. The summed E-state index contributed by atoms with van der Waals surface area (Å²) < 4.78 is 0. The molecule has 0 unspecified atom stereocenters. The molecule has 1 aromatic carbocycles. The molecule has 2 heterocycles. The maximum absolute atomic E-state index is 11.6. The number of rotatable bonds is 1. The Morgan fingerprint density at radius 1 is 1.29 bits per heavy atom. The van der Waals surface area contributed by atoms with Gasteiger partial charge < -0.3 is 4.98 Å². The van der Waals surface area contributed by atoms with Crippen molar-refractivity contribution in [3.8, 4) is 10.6 Å². The zero-order valence-electron chi connectivity index (χ0n) is 9.10. The summed E-state index contributed by atoms with van der Waals surface area (Å²) in [5.74, 6) is 0. The van der Waals surface area contributed by atoms with Gasteiger partial charge >= 0.3 is 0 Å². The Morgan fingerprint density at radius 3 is 2.88 bits per heavy atom. The van der Waals surface area contributed by atoms with Crippen LogP contribution in [0, 0.1) is 6.92 Å². The maximum atomic E-state index is 11.6. The highest BCUT2D eigenvalue weighted by Gasteiger charge is 2.10. The van der Waals surface area contributed by atoms with Gasteiger partial charge in [0.05, 0.1) is 6.33 Å². The van der Waals surface area contributed by atoms with Crippen LogP contribution < -0.4 is 5.56 Å². The summed E-state index contributed by atoms with van der Waals surface area (Å²) in [5, 5.41) is 0.835. The van der Waals surface area contributed by atoms with Crippen molar-refractivity contribution >= 4 is 21.7 Å². The highest BCUT2D eigenvalue weighted by Crippen LogP contribution is 2.29. The predicted molar refractivity (Wildman–Crippen MR) is 68.2 cm³/mol.